The molecule has 7 nitrogen and oxygen atoms in total. The van der Waals surface area contributed by atoms with Crippen LogP contribution < -0.4 is 10.1 Å². The number of aromatic nitrogens is 3. The van der Waals surface area contributed by atoms with E-state index in [0.29, 0.717) is 5.13 Å². The number of hydrogen-bond acceptors (Lipinski definition) is 6. The lowest BCUT2D eigenvalue weighted by Gasteiger charge is -2.29. The number of carbonyl (C=O) groups excluding carboxylic acids is 1. The number of carbonyl (C=O) groups is 1. The highest BCUT2D eigenvalue weighted by molar-refractivity contribution is 7.13. The first-order valence-electron chi connectivity index (χ1n) is 8.06. The number of methoxy groups -OCH3 is 1. The molecule has 1 N–H and O–H groups in total. The summed E-state index contributed by atoms with van der Waals surface area (Å²) in [6.45, 7) is 4.82. The third-order valence-corrected chi connectivity index (χ3v) is 5.26. The van der Waals surface area contributed by atoms with E-state index in [9.17, 15) is 4.79 Å². The second-order valence-electron chi connectivity index (χ2n) is 6.03. The summed E-state index contributed by atoms with van der Waals surface area (Å²) in [5, 5.41) is 9.86. The van der Waals surface area contributed by atoms with Crippen molar-refractivity contribution in [1.29, 1.82) is 0 Å². The molecule has 0 saturated carbocycles. The Labute approximate surface area is 145 Å². The molecule has 24 heavy (non-hydrogen) atoms. The van der Waals surface area contributed by atoms with Crippen LogP contribution in [0.5, 0.6) is 5.88 Å². The fourth-order valence-corrected chi connectivity index (χ4v) is 4.02. The summed E-state index contributed by atoms with van der Waals surface area (Å²) >= 11 is 1.43. The molecule has 1 aliphatic heterocycles. The lowest BCUT2D eigenvalue weighted by Crippen LogP contribution is -2.41. The van der Waals surface area contributed by atoms with Crippen molar-refractivity contribution in [1.82, 2.24) is 19.7 Å². The van der Waals surface area contributed by atoms with Gasteiger partial charge in [-0.25, -0.2) is 9.67 Å². The summed E-state index contributed by atoms with van der Waals surface area (Å²) < 4.78 is 7.31. The Balaban J connectivity index is 1.81. The molecule has 8 heteroatoms. The van der Waals surface area contributed by atoms with Gasteiger partial charge in [-0.2, -0.15) is 5.10 Å². The number of nitrogens with zero attached hydrogens (tertiary/aromatic N) is 4. The average molecular weight is 349 g/mol. The van der Waals surface area contributed by atoms with Crippen LogP contribution in [0.4, 0.5) is 5.13 Å². The minimum Gasteiger partial charge on any atom is -0.481 e. The van der Waals surface area contributed by atoms with Crippen LogP contribution in [-0.4, -0.2) is 45.3 Å². The van der Waals surface area contributed by atoms with Gasteiger partial charge in [0.05, 0.1) is 24.4 Å². The van der Waals surface area contributed by atoms with Gasteiger partial charge in [0.25, 0.3) is 0 Å². The minimum absolute atomic E-state index is 0.0302. The van der Waals surface area contributed by atoms with Gasteiger partial charge in [-0.05, 0) is 33.2 Å². The third-order valence-electron chi connectivity index (χ3n) is 4.57. The predicted octanol–water partition coefficient (Wildman–Crippen LogP) is 2.36. The number of likely N-dealkylation sites (tertiary alicyclic amines) is 1. The predicted molar refractivity (Wildman–Crippen MR) is 93.4 cm³/mol. The van der Waals surface area contributed by atoms with Gasteiger partial charge in [0.2, 0.25) is 11.8 Å². The van der Waals surface area contributed by atoms with Crippen LogP contribution in [0.2, 0.25) is 0 Å². The zero-order valence-electron chi connectivity index (χ0n) is 14.4. The van der Waals surface area contributed by atoms with Crippen molar-refractivity contribution in [3.63, 3.8) is 0 Å². The highest BCUT2D eigenvalue weighted by atomic mass is 32.1. The summed E-state index contributed by atoms with van der Waals surface area (Å²) in [6, 6.07) is -0.101. The first-order chi connectivity index (χ1) is 11.5. The Morgan fingerprint density at radius 3 is 3.00 bits per heavy atom. The molecular weight excluding hydrogens is 326 g/mol. The zero-order chi connectivity index (χ0) is 17.3. The Kier molecular flexibility index (Phi) is 4.86. The lowest BCUT2D eigenvalue weighted by molar-refractivity contribution is -0.121. The molecule has 0 aromatic carbocycles. The SMILES string of the molecule is COc1c([C@@H]2CCCN2[C@H](C)C(=O)Nc2nccs2)c(C)nn1C. The standard InChI is InChI=1S/C16H23N5O2S/c1-10-13(15(23-4)20(3)19-10)12-6-5-8-21(12)11(2)14(22)18-16-17-7-9-24-16/h7,9,11-12H,5-6,8H2,1-4H3,(H,17,18,22)/t11-,12+/m1/s1. The van der Waals surface area contributed by atoms with Gasteiger partial charge >= 0.3 is 0 Å². The largest absolute Gasteiger partial charge is 0.481 e. The van der Waals surface area contributed by atoms with Gasteiger partial charge in [0.1, 0.15) is 0 Å². The maximum Gasteiger partial charge on any atom is 0.243 e. The van der Waals surface area contributed by atoms with E-state index < -0.39 is 0 Å². The summed E-state index contributed by atoms with van der Waals surface area (Å²) in [7, 11) is 3.55. The molecular formula is C16H23N5O2S. The molecule has 2 aromatic heterocycles. The first kappa shape index (κ1) is 16.9. The van der Waals surface area contributed by atoms with E-state index in [0.717, 1.165) is 36.5 Å². The van der Waals surface area contributed by atoms with Crippen molar-refractivity contribution < 1.29 is 9.53 Å². The normalized spacial score (nSPS) is 19.4. The molecule has 0 spiro atoms. The van der Waals surface area contributed by atoms with Crippen LogP contribution in [-0.2, 0) is 11.8 Å². The van der Waals surface area contributed by atoms with Crippen molar-refractivity contribution in [2.24, 2.45) is 7.05 Å². The highest BCUT2D eigenvalue weighted by Crippen LogP contribution is 2.39. The van der Waals surface area contributed by atoms with E-state index in [1.165, 1.54) is 11.3 Å². The van der Waals surface area contributed by atoms with Crippen LogP contribution >= 0.6 is 11.3 Å². The molecule has 1 aliphatic rings. The number of amides is 1. The molecule has 3 rings (SSSR count). The van der Waals surface area contributed by atoms with E-state index in [1.54, 1.807) is 18.0 Å². The number of anilines is 1. The number of nitrogens with one attached hydrogen (secondary N) is 1. The summed E-state index contributed by atoms with van der Waals surface area (Å²) in [6.07, 6.45) is 3.74. The van der Waals surface area contributed by atoms with Crippen molar-refractivity contribution in [3.8, 4) is 5.88 Å². The lowest BCUT2D eigenvalue weighted by atomic mass is 10.0. The molecule has 130 valence electrons. The molecule has 2 atom stereocenters. The molecule has 2 aromatic rings. The Morgan fingerprint density at radius 2 is 2.33 bits per heavy atom. The molecule has 3 heterocycles. The Hall–Kier alpha value is -1.93. The number of ether oxygens (including phenoxy) is 1. The topological polar surface area (TPSA) is 72.3 Å². The van der Waals surface area contributed by atoms with Gasteiger partial charge < -0.3 is 10.1 Å². The van der Waals surface area contributed by atoms with Gasteiger partial charge in [-0.15, -0.1) is 11.3 Å². The number of aryl methyl sites for hydroxylation is 2. The van der Waals surface area contributed by atoms with E-state index >= 15 is 0 Å². The van der Waals surface area contributed by atoms with Crippen LogP contribution in [0.15, 0.2) is 11.6 Å². The second kappa shape index (κ2) is 6.90. The van der Waals surface area contributed by atoms with Crippen molar-refractivity contribution in [2.45, 2.75) is 38.8 Å². The molecule has 0 bridgehead atoms. The number of rotatable bonds is 5. The van der Waals surface area contributed by atoms with Crippen LogP contribution in [0, 0.1) is 6.92 Å². The fourth-order valence-electron chi connectivity index (χ4n) is 3.49. The van der Waals surface area contributed by atoms with E-state index in [4.69, 9.17) is 4.74 Å². The third kappa shape index (κ3) is 3.03. The average Bonchev–Trinajstić information content (AvgIpc) is 3.26. The fraction of sp³-hybridized carbons (Fsp3) is 0.562. The van der Waals surface area contributed by atoms with Gasteiger partial charge in [0, 0.05) is 24.7 Å². The molecule has 0 aliphatic carbocycles. The first-order valence-corrected chi connectivity index (χ1v) is 8.94. The van der Waals surface area contributed by atoms with Gasteiger partial charge in [0.15, 0.2) is 5.13 Å². The monoisotopic (exact) mass is 349 g/mol. The molecule has 1 fully saturated rings. The summed E-state index contributed by atoms with van der Waals surface area (Å²) in [5.74, 6) is 0.745. The van der Waals surface area contributed by atoms with E-state index in [2.05, 4.69) is 20.3 Å². The maximum atomic E-state index is 12.6. The highest BCUT2D eigenvalue weighted by Gasteiger charge is 2.37. The Bertz CT molecular complexity index is 712. The molecule has 1 saturated heterocycles. The number of hydrogen-bond donors (Lipinski definition) is 1. The van der Waals surface area contributed by atoms with Gasteiger partial charge in [-0.1, -0.05) is 0 Å². The van der Waals surface area contributed by atoms with E-state index in [-0.39, 0.29) is 18.0 Å². The quantitative estimate of drug-likeness (QED) is 0.897. The number of thiazole rings is 1. The van der Waals surface area contributed by atoms with Crippen molar-refractivity contribution in [3.05, 3.63) is 22.8 Å². The molecule has 0 unspecified atom stereocenters. The van der Waals surface area contributed by atoms with Gasteiger partial charge in [-0.3, -0.25) is 9.69 Å². The molecule has 0 radical (unpaired) electrons. The molecule has 1 amide bonds. The van der Waals surface area contributed by atoms with Crippen molar-refractivity contribution in [2.75, 3.05) is 19.0 Å². The van der Waals surface area contributed by atoms with Crippen LogP contribution in [0.25, 0.3) is 0 Å². The van der Waals surface area contributed by atoms with Crippen molar-refractivity contribution >= 4 is 22.4 Å². The second-order valence-corrected chi connectivity index (χ2v) is 6.92. The maximum absolute atomic E-state index is 12.6. The van der Waals surface area contributed by atoms with E-state index in [1.807, 2.05) is 26.3 Å². The smallest absolute Gasteiger partial charge is 0.243 e. The zero-order valence-corrected chi connectivity index (χ0v) is 15.3. The minimum atomic E-state index is -0.245. The van der Waals surface area contributed by atoms with Crippen LogP contribution in [0.3, 0.4) is 0 Å². The Morgan fingerprint density at radius 1 is 1.54 bits per heavy atom. The summed E-state index contributed by atoms with van der Waals surface area (Å²) in [5.41, 5.74) is 2.05. The van der Waals surface area contributed by atoms with Crippen LogP contribution in [0.1, 0.15) is 37.1 Å². The summed E-state index contributed by atoms with van der Waals surface area (Å²) in [4.78, 5) is 18.9.